The summed E-state index contributed by atoms with van der Waals surface area (Å²) in [5, 5.41) is 12.6. The van der Waals surface area contributed by atoms with Crippen LogP contribution in [0.5, 0.6) is 0 Å². The summed E-state index contributed by atoms with van der Waals surface area (Å²) in [6, 6.07) is 3.80. The van der Waals surface area contributed by atoms with Crippen LogP contribution >= 0.6 is 11.3 Å². The molecule has 10 heteroatoms. The van der Waals surface area contributed by atoms with Gasteiger partial charge < -0.3 is 19.5 Å². The molecule has 1 fully saturated rings. The second kappa shape index (κ2) is 10.4. The average molecular weight is 485 g/mol. The number of rotatable bonds is 8. The first kappa shape index (κ1) is 23.9. The lowest BCUT2D eigenvalue weighted by Crippen LogP contribution is -2.38. The first-order valence-corrected chi connectivity index (χ1v) is 12.1. The molecule has 0 aromatic carbocycles. The molecule has 0 atom stereocenters. The van der Waals surface area contributed by atoms with Gasteiger partial charge in [0.25, 0.3) is 5.56 Å². The van der Waals surface area contributed by atoms with Gasteiger partial charge in [-0.15, -0.1) is 11.3 Å². The summed E-state index contributed by atoms with van der Waals surface area (Å²) in [4.78, 5) is 36.3. The van der Waals surface area contributed by atoms with Gasteiger partial charge in [-0.3, -0.25) is 9.20 Å². The number of anilines is 1. The molecular formula is C24H28N4O5S. The standard InChI is InChI=1S/C24H28N4O5S/c1-15(2)18-14-34-21(25-18)5-4-16-6-7-28-20(12-16)26-22(27-8-10-33-11-9-27)17(23(28)29)13-19(32-3)24(30)31/h6-7,12-15H,4-5,8-11H2,1-3H3,(H,30,31)/b19-13+. The van der Waals surface area contributed by atoms with Crippen LogP contribution in [-0.2, 0) is 27.1 Å². The van der Waals surface area contributed by atoms with E-state index in [4.69, 9.17) is 19.4 Å². The van der Waals surface area contributed by atoms with E-state index in [9.17, 15) is 14.7 Å². The molecule has 0 spiro atoms. The van der Waals surface area contributed by atoms with E-state index in [0.29, 0.717) is 43.7 Å². The predicted octanol–water partition coefficient (Wildman–Crippen LogP) is 2.97. The number of thiazole rings is 1. The number of hydrogen-bond donors (Lipinski definition) is 1. The van der Waals surface area contributed by atoms with Crippen molar-refractivity contribution in [1.29, 1.82) is 0 Å². The lowest BCUT2D eigenvalue weighted by atomic mass is 10.1. The summed E-state index contributed by atoms with van der Waals surface area (Å²) in [6.45, 7) is 6.39. The van der Waals surface area contributed by atoms with Crippen molar-refractivity contribution in [2.24, 2.45) is 0 Å². The van der Waals surface area contributed by atoms with Crippen molar-refractivity contribution in [3.63, 3.8) is 0 Å². The van der Waals surface area contributed by atoms with Gasteiger partial charge >= 0.3 is 5.97 Å². The predicted molar refractivity (Wildman–Crippen MR) is 131 cm³/mol. The van der Waals surface area contributed by atoms with Crippen molar-refractivity contribution in [2.75, 3.05) is 38.3 Å². The van der Waals surface area contributed by atoms with Crippen LogP contribution in [0.2, 0.25) is 0 Å². The van der Waals surface area contributed by atoms with Gasteiger partial charge in [0.05, 0.1) is 36.6 Å². The third-order valence-electron chi connectivity index (χ3n) is 5.71. The quantitative estimate of drug-likeness (QED) is 0.384. The van der Waals surface area contributed by atoms with Gasteiger partial charge in [-0.1, -0.05) is 13.8 Å². The number of carbonyl (C=O) groups is 1. The van der Waals surface area contributed by atoms with Gasteiger partial charge in [0.15, 0.2) is 0 Å². The Morgan fingerprint density at radius 1 is 1.29 bits per heavy atom. The summed E-state index contributed by atoms with van der Waals surface area (Å²) in [7, 11) is 1.26. The molecule has 0 aliphatic carbocycles. The topological polar surface area (TPSA) is 106 Å². The highest BCUT2D eigenvalue weighted by molar-refractivity contribution is 7.09. The van der Waals surface area contributed by atoms with Crippen molar-refractivity contribution in [2.45, 2.75) is 32.6 Å². The second-order valence-electron chi connectivity index (χ2n) is 8.36. The van der Waals surface area contributed by atoms with Crippen LogP contribution in [0, 0.1) is 0 Å². The number of ether oxygens (including phenoxy) is 2. The number of aryl methyl sites for hydroxylation is 2. The molecule has 4 rings (SSSR count). The van der Waals surface area contributed by atoms with E-state index < -0.39 is 5.97 Å². The second-order valence-corrected chi connectivity index (χ2v) is 9.30. The van der Waals surface area contributed by atoms with Gasteiger partial charge in [0.2, 0.25) is 5.76 Å². The lowest BCUT2D eigenvalue weighted by molar-refractivity contribution is -0.135. The molecule has 1 saturated heterocycles. The van der Waals surface area contributed by atoms with Gasteiger partial charge in [-0.25, -0.2) is 14.8 Å². The Morgan fingerprint density at radius 2 is 2.06 bits per heavy atom. The molecule has 0 bridgehead atoms. The number of fused-ring (bicyclic) bond motifs is 1. The Morgan fingerprint density at radius 3 is 2.71 bits per heavy atom. The Hall–Kier alpha value is -3.24. The van der Waals surface area contributed by atoms with Gasteiger partial charge in [-0.05, 0) is 30.0 Å². The maximum Gasteiger partial charge on any atom is 0.371 e. The van der Waals surface area contributed by atoms with E-state index >= 15 is 0 Å². The molecule has 34 heavy (non-hydrogen) atoms. The molecule has 1 aliphatic heterocycles. The number of nitrogens with zero attached hydrogens (tertiary/aromatic N) is 4. The minimum Gasteiger partial charge on any atom is -0.490 e. The van der Waals surface area contributed by atoms with Crippen molar-refractivity contribution in [3.05, 3.63) is 61.7 Å². The molecule has 0 unspecified atom stereocenters. The SMILES string of the molecule is CO/C(=C/c1c(N2CCOCC2)nc2cc(CCc3nc(C(C)C)cs3)ccn2c1=O)C(=O)O. The number of morpholine rings is 1. The molecule has 0 amide bonds. The van der Waals surface area contributed by atoms with Crippen LogP contribution < -0.4 is 10.5 Å². The third-order valence-corrected chi connectivity index (χ3v) is 6.64. The zero-order chi connectivity index (χ0) is 24.2. The van der Waals surface area contributed by atoms with Gasteiger partial charge in [0.1, 0.15) is 11.5 Å². The minimum atomic E-state index is -1.25. The van der Waals surface area contributed by atoms with Crippen molar-refractivity contribution in [1.82, 2.24) is 14.4 Å². The fourth-order valence-corrected chi connectivity index (χ4v) is 4.74. The molecule has 0 saturated carbocycles. The summed E-state index contributed by atoms with van der Waals surface area (Å²) in [5.74, 6) is -0.738. The summed E-state index contributed by atoms with van der Waals surface area (Å²) in [5.41, 5.74) is 2.50. The number of hydrogen-bond acceptors (Lipinski definition) is 8. The largest absolute Gasteiger partial charge is 0.490 e. The maximum absolute atomic E-state index is 13.4. The highest BCUT2D eigenvalue weighted by atomic mass is 32.1. The van der Waals surface area contributed by atoms with E-state index in [1.807, 2.05) is 17.0 Å². The fourth-order valence-electron chi connectivity index (χ4n) is 3.78. The molecule has 1 N–H and O–H groups in total. The summed E-state index contributed by atoms with van der Waals surface area (Å²) < 4.78 is 11.8. The van der Waals surface area contributed by atoms with E-state index in [-0.39, 0.29) is 16.9 Å². The first-order valence-electron chi connectivity index (χ1n) is 11.2. The van der Waals surface area contributed by atoms with E-state index in [1.165, 1.54) is 17.6 Å². The van der Waals surface area contributed by atoms with Gasteiger partial charge in [-0.2, -0.15) is 0 Å². The Kier molecular flexibility index (Phi) is 7.28. The molecule has 9 nitrogen and oxygen atoms in total. The van der Waals surface area contributed by atoms with Gasteiger partial charge in [0, 0.05) is 37.2 Å². The highest BCUT2D eigenvalue weighted by Gasteiger charge is 2.21. The zero-order valence-electron chi connectivity index (χ0n) is 19.5. The number of pyridine rings is 1. The average Bonchev–Trinajstić information content (AvgIpc) is 3.32. The summed E-state index contributed by atoms with van der Waals surface area (Å²) >= 11 is 1.67. The normalized spacial score (nSPS) is 14.7. The molecule has 3 aromatic rings. The number of carboxylic acid groups (broad SMARTS) is 1. The number of aliphatic carboxylic acids is 1. The Bertz CT molecular complexity index is 1270. The van der Waals surface area contributed by atoms with Crippen molar-refractivity contribution < 1.29 is 19.4 Å². The zero-order valence-corrected chi connectivity index (χ0v) is 20.3. The monoisotopic (exact) mass is 484 g/mol. The number of methoxy groups -OCH3 is 1. The lowest BCUT2D eigenvalue weighted by Gasteiger charge is -2.29. The van der Waals surface area contributed by atoms with Crippen LogP contribution in [0.15, 0.2) is 34.3 Å². The van der Waals surface area contributed by atoms with E-state index in [0.717, 1.165) is 29.1 Å². The van der Waals surface area contributed by atoms with Crippen molar-refractivity contribution >= 4 is 34.8 Å². The molecule has 1 aliphatic rings. The Balaban J connectivity index is 1.72. The van der Waals surface area contributed by atoms with Crippen LogP contribution in [-0.4, -0.2) is 58.9 Å². The molecule has 3 aromatic heterocycles. The molecule has 180 valence electrons. The molecule has 0 radical (unpaired) electrons. The third kappa shape index (κ3) is 5.13. The van der Waals surface area contributed by atoms with E-state index in [1.54, 1.807) is 17.5 Å². The number of carboxylic acids is 1. The first-order chi connectivity index (χ1) is 16.4. The summed E-state index contributed by atoms with van der Waals surface area (Å²) in [6.07, 6.45) is 4.52. The minimum absolute atomic E-state index is 0.176. The van der Waals surface area contributed by atoms with Crippen LogP contribution in [0.4, 0.5) is 5.82 Å². The number of aromatic nitrogens is 3. The molecular weight excluding hydrogens is 456 g/mol. The Labute approximate surface area is 201 Å². The smallest absolute Gasteiger partial charge is 0.371 e. The maximum atomic E-state index is 13.4. The van der Waals surface area contributed by atoms with Crippen LogP contribution in [0.3, 0.4) is 0 Å². The van der Waals surface area contributed by atoms with E-state index in [2.05, 4.69) is 19.2 Å². The molecule has 4 heterocycles. The van der Waals surface area contributed by atoms with Crippen LogP contribution in [0.1, 0.15) is 41.6 Å². The van der Waals surface area contributed by atoms with Crippen molar-refractivity contribution in [3.8, 4) is 0 Å². The van der Waals surface area contributed by atoms with Crippen LogP contribution in [0.25, 0.3) is 11.7 Å². The fraction of sp³-hybridized carbons (Fsp3) is 0.417. The highest BCUT2D eigenvalue weighted by Crippen LogP contribution is 2.22.